The summed E-state index contributed by atoms with van der Waals surface area (Å²) in [7, 11) is 0. The second-order valence-corrected chi connectivity index (χ2v) is 5.36. The molecule has 1 aliphatic heterocycles. The van der Waals surface area contributed by atoms with Crippen LogP contribution in [-0.2, 0) is 0 Å². The number of hydrogen-bond donors (Lipinski definition) is 0. The van der Waals surface area contributed by atoms with Gasteiger partial charge in [0.1, 0.15) is 23.5 Å². The minimum absolute atomic E-state index is 0.311. The predicted octanol–water partition coefficient (Wildman–Crippen LogP) is 4.18. The van der Waals surface area contributed by atoms with E-state index in [9.17, 15) is 0 Å². The van der Waals surface area contributed by atoms with Crippen molar-refractivity contribution in [1.29, 1.82) is 0 Å². The van der Waals surface area contributed by atoms with Crippen LogP contribution in [0.2, 0.25) is 15.3 Å². The molecule has 20 heavy (non-hydrogen) atoms. The second kappa shape index (κ2) is 5.28. The first-order valence-corrected chi connectivity index (χ1v) is 6.99. The lowest BCUT2D eigenvalue weighted by molar-refractivity contribution is 0.172. The predicted molar refractivity (Wildman–Crippen MR) is 78.2 cm³/mol. The van der Waals surface area contributed by atoms with Crippen LogP contribution in [-0.4, -0.2) is 23.2 Å². The highest BCUT2D eigenvalue weighted by Gasteiger charge is 2.19. The molecule has 0 fully saturated rings. The molecule has 0 unspecified atom stereocenters. The summed E-state index contributed by atoms with van der Waals surface area (Å²) >= 11 is 18.2. The molecule has 0 spiro atoms. The average Bonchev–Trinajstić information content (AvgIpc) is 2.44. The highest BCUT2D eigenvalue weighted by Crippen LogP contribution is 2.40. The maximum absolute atomic E-state index is 6.18. The molecule has 0 atom stereocenters. The highest BCUT2D eigenvalue weighted by molar-refractivity contribution is 6.34. The van der Waals surface area contributed by atoms with Crippen molar-refractivity contribution >= 4 is 34.8 Å². The van der Waals surface area contributed by atoms with E-state index in [1.165, 1.54) is 0 Å². The van der Waals surface area contributed by atoms with Crippen molar-refractivity contribution in [3.8, 4) is 22.9 Å². The minimum Gasteiger partial charge on any atom is -0.486 e. The fourth-order valence-electron chi connectivity index (χ4n) is 1.83. The first-order chi connectivity index (χ1) is 9.56. The van der Waals surface area contributed by atoms with Gasteiger partial charge in [0.15, 0.2) is 17.3 Å². The van der Waals surface area contributed by atoms with E-state index in [2.05, 4.69) is 9.97 Å². The zero-order valence-electron chi connectivity index (χ0n) is 10.4. The molecular weight excluding hydrogens is 323 g/mol. The zero-order valence-corrected chi connectivity index (χ0v) is 12.7. The molecule has 7 heteroatoms. The van der Waals surface area contributed by atoms with Crippen LogP contribution in [0, 0.1) is 6.92 Å². The van der Waals surface area contributed by atoms with E-state index in [4.69, 9.17) is 44.3 Å². The van der Waals surface area contributed by atoms with Gasteiger partial charge in [-0.15, -0.1) is 0 Å². The monoisotopic (exact) mass is 330 g/mol. The fourth-order valence-corrected chi connectivity index (χ4v) is 2.49. The van der Waals surface area contributed by atoms with Crippen LogP contribution in [0.5, 0.6) is 11.5 Å². The van der Waals surface area contributed by atoms with Crippen molar-refractivity contribution in [3.05, 3.63) is 33.0 Å². The van der Waals surface area contributed by atoms with Crippen LogP contribution in [0.4, 0.5) is 0 Å². The van der Waals surface area contributed by atoms with Gasteiger partial charge < -0.3 is 9.47 Å². The number of fused-ring (bicyclic) bond motifs is 1. The molecule has 3 rings (SSSR count). The Hall–Kier alpha value is -1.23. The summed E-state index contributed by atoms with van der Waals surface area (Å²) in [6, 6.07) is 3.46. The maximum Gasteiger partial charge on any atom is 0.179 e. The van der Waals surface area contributed by atoms with Crippen molar-refractivity contribution in [2.24, 2.45) is 0 Å². The lowest BCUT2D eigenvalue weighted by atomic mass is 10.1. The molecular formula is C13H9Cl3N2O2. The van der Waals surface area contributed by atoms with Crippen LogP contribution in [0.3, 0.4) is 0 Å². The van der Waals surface area contributed by atoms with E-state index in [0.717, 1.165) is 0 Å². The molecule has 0 bridgehead atoms. The van der Waals surface area contributed by atoms with E-state index in [0.29, 0.717) is 57.0 Å². The van der Waals surface area contributed by atoms with Crippen LogP contribution in [0.1, 0.15) is 5.56 Å². The summed E-state index contributed by atoms with van der Waals surface area (Å²) in [4.78, 5) is 8.42. The zero-order chi connectivity index (χ0) is 14.3. The second-order valence-electron chi connectivity index (χ2n) is 4.24. The van der Waals surface area contributed by atoms with E-state index in [-0.39, 0.29) is 0 Å². The number of benzene rings is 1. The number of rotatable bonds is 1. The van der Waals surface area contributed by atoms with Gasteiger partial charge in [0.05, 0.1) is 5.02 Å². The van der Waals surface area contributed by atoms with Gasteiger partial charge in [-0.2, -0.15) is 0 Å². The largest absolute Gasteiger partial charge is 0.486 e. The molecule has 4 nitrogen and oxygen atoms in total. The molecule has 0 radical (unpaired) electrons. The SMILES string of the molecule is Cc1c(Cl)nc(-c2cc(Cl)c3c(c2)OCCO3)nc1Cl. The first kappa shape index (κ1) is 13.7. The van der Waals surface area contributed by atoms with Crippen LogP contribution >= 0.6 is 34.8 Å². The average molecular weight is 332 g/mol. The fraction of sp³-hybridized carbons (Fsp3) is 0.231. The Balaban J connectivity index is 2.13. The summed E-state index contributed by atoms with van der Waals surface area (Å²) in [5, 5.41) is 1.06. The van der Waals surface area contributed by atoms with Gasteiger partial charge in [0.2, 0.25) is 0 Å². The first-order valence-electron chi connectivity index (χ1n) is 5.85. The summed E-state index contributed by atoms with van der Waals surface area (Å²) in [5.41, 5.74) is 1.31. The summed E-state index contributed by atoms with van der Waals surface area (Å²) in [6.07, 6.45) is 0. The van der Waals surface area contributed by atoms with Crippen LogP contribution in [0.15, 0.2) is 12.1 Å². The van der Waals surface area contributed by atoms with Crippen molar-refractivity contribution < 1.29 is 9.47 Å². The summed E-state index contributed by atoms with van der Waals surface area (Å²) in [5.74, 6) is 1.49. The Morgan fingerprint density at radius 2 is 1.65 bits per heavy atom. The number of aromatic nitrogens is 2. The van der Waals surface area contributed by atoms with Crippen molar-refractivity contribution in [2.45, 2.75) is 6.92 Å². The number of halogens is 3. The minimum atomic E-state index is 0.311. The van der Waals surface area contributed by atoms with Crippen molar-refractivity contribution in [1.82, 2.24) is 9.97 Å². The third-order valence-corrected chi connectivity index (χ3v) is 3.90. The number of ether oxygens (including phenoxy) is 2. The molecule has 0 saturated carbocycles. The lowest BCUT2D eigenvalue weighted by Gasteiger charge is -2.20. The normalized spacial score (nSPS) is 13.4. The molecule has 0 aliphatic carbocycles. The molecule has 0 amide bonds. The van der Waals surface area contributed by atoms with Crippen molar-refractivity contribution in [2.75, 3.05) is 13.2 Å². The molecule has 1 aromatic heterocycles. The summed E-state index contributed by atoms with van der Waals surface area (Å²) in [6.45, 7) is 2.71. The van der Waals surface area contributed by atoms with Gasteiger partial charge >= 0.3 is 0 Å². The maximum atomic E-state index is 6.18. The summed E-state index contributed by atoms with van der Waals surface area (Å²) < 4.78 is 11.0. The van der Waals surface area contributed by atoms with Crippen molar-refractivity contribution in [3.63, 3.8) is 0 Å². The van der Waals surface area contributed by atoms with E-state index in [1.807, 2.05) is 0 Å². The molecule has 1 aliphatic rings. The highest BCUT2D eigenvalue weighted by atomic mass is 35.5. The van der Waals surface area contributed by atoms with Crippen LogP contribution < -0.4 is 9.47 Å². The third kappa shape index (κ3) is 2.39. The quantitative estimate of drug-likeness (QED) is 0.735. The van der Waals surface area contributed by atoms with E-state index >= 15 is 0 Å². The molecule has 2 aromatic rings. The smallest absolute Gasteiger partial charge is 0.179 e. The van der Waals surface area contributed by atoms with Gasteiger partial charge in [-0.25, -0.2) is 9.97 Å². The van der Waals surface area contributed by atoms with Gasteiger partial charge in [-0.3, -0.25) is 0 Å². The van der Waals surface area contributed by atoms with Gasteiger partial charge in [-0.05, 0) is 19.1 Å². The Morgan fingerprint density at radius 3 is 2.35 bits per heavy atom. The standard InChI is InChI=1S/C13H9Cl3N2O2/c1-6-11(15)17-13(18-12(6)16)7-4-8(14)10-9(5-7)19-2-3-20-10/h4-5H,2-3H2,1H3. The van der Waals surface area contributed by atoms with Gasteiger partial charge in [-0.1, -0.05) is 34.8 Å². The molecule has 104 valence electrons. The number of nitrogens with zero attached hydrogens (tertiary/aromatic N) is 2. The Morgan fingerprint density at radius 1 is 1.00 bits per heavy atom. The number of hydrogen-bond acceptors (Lipinski definition) is 4. The Kier molecular flexibility index (Phi) is 3.63. The Labute approximate surface area is 130 Å². The van der Waals surface area contributed by atoms with Crippen LogP contribution in [0.25, 0.3) is 11.4 Å². The molecule has 2 heterocycles. The lowest BCUT2D eigenvalue weighted by Crippen LogP contribution is -2.15. The van der Waals surface area contributed by atoms with E-state index < -0.39 is 0 Å². The van der Waals surface area contributed by atoms with Gasteiger partial charge in [0, 0.05) is 11.1 Å². The topological polar surface area (TPSA) is 44.2 Å². The molecule has 0 N–H and O–H groups in total. The molecule has 1 aromatic carbocycles. The van der Waals surface area contributed by atoms with E-state index in [1.54, 1.807) is 19.1 Å². The molecule has 0 saturated heterocycles. The van der Waals surface area contributed by atoms with Gasteiger partial charge in [0.25, 0.3) is 0 Å². The third-order valence-electron chi connectivity index (χ3n) is 2.88. The Bertz CT molecular complexity index is 669.